The van der Waals surface area contributed by atoms with Gasteiger partial charge in [-0.3, -0.25) is 14.5 Å². The van der Waals surface area contributed by atoms with Gasteiger partial charge in [0.1, 0.15) is 0 Å². The van der Waals surface area contributed by atoms with Crippen LogP contribution in [0.4, 0.5) is 0 Å². The van der Waals surface area contributed by atoms with Crippen LogP contribution in [-0.4, -0.2) is 43.5 Å². The maximum Gasteiger partial charge on any atom is 0.307 e. The third-order valence-corrected chi connectivity index (χ3v) is 4.06. The average Bonchev–Trinajstić information content (AvgIpc) is 2.95. The maximum atomic E-state index is 12.0. The van der Waals surface area contributed by atoms with Crippen molar-refractivity contribution in [1.29, 1.82) is 0 Å². The molecule has 0 saturated carbocycles. The zero-order valence-corrected chi connectivity index (χ0v) is 13.4. The van der Waals surface area contributed by atoms with Crippen LogP contribution in [0.25, 0.3) is 0 Å². The number of esters is 1. The molecule has 1 atom stereocenters. The summed E-state index contributed by atoms with van der Waals surface area (Å²) in [7, 11) is 1.34. The van der Waals surface area contributed by atoms with E-state index in [-0.39, 0.29) is 24.3 Å². The highest BCUT2D eigenvalue weighted by Crippen LogP contribution is 2.32. The van der Waals surface area contributed by atoms with Crippen molar-refractivity contribution in [2.45, 2.75) is 25.3 Å². The second kappa shape index (κ2) is 8.15. The van der Waals surface area contributed by atoms with Gasteiger partial charge >= 0.3 is 5.97 Å². The van der Waals surface area contributed by atoms with Crippen LogP contribution in [0, 0.1) is 0 Å². The Morgan fingerprint density at radius 3 is 3.00 bits per heavy atom. The Balaban J connectivity index is 1.86. The molecule has 22 heavy (non-hydrogen) atoms. The number of hydrogen-bond donors (Lipinski definition) is 1. The molecule has 1 N–H and O–H groups in total. The molecule has 1 saturated heterocycles. The van der Waals surface area contributed by atoms with Gasteiger partial charge in [-0.05, 0) is 37.1 Å². The second-order valence-electron chi connectivity index (χ2n) is 5.36. The van der Waals surface area contributed by atoms with Gasteiger partial charge in [0, 0.05) is 17.6 Å². The molecular weight excluding hydrogens is 304 g/mol. The highest BCUT2D eigenvalue weighted by molar-refractivity contribution is 6.30. The summed E-state index contributed by atoms with van der Waals surface area (Å²) in [6.45, 7) is 1.53. The molecule has 1 aromatic carbocycles. The van der Waals surface area contributed by atoms with E-state index in [0.717, 1.165) is 24.9 Å². The van der Waals surface area contributed by atoms with E-state index < -0.39 is 0 Å². The first-order chi connectivity index (χ1) is 10.6. The van der Waals surface area contributed by atoms with Crippen LogP contribution in [0.2, 0.25) is 5.02 Å². The van der Waals surface area contributed by atoms with E-state index in [4.69, 9.17) is 11.6 Å². The minimum atomic E-state index is -0.321. The van der Waals surface area contributed by atoms with E-state index in [9.17, 15) is 9.59 Å². The first-order valence-corrected chi connectivity index (χ1v) is 7.81. The van der Waals surface area contributed by atoms with Crippen LogP contribution in [0.1, 0.15) is 30.9 Å². The van der Waals surface area contributed by atoms with Crippen molar-refractivity contribution >= 4 is 23.5 Å². The fraction of sp³-hybridized carbons (Fsp3) is 0.500. The molecule has 1 fully saturated rings. The summed E-state index contributed by atoms with van der Waals surface area (Å²) in [6.07, 6.45) is 2.28. The van der Waals surface area contributed by atoms with Gasteiger partial charge < -0.3 is 10.1 Å². The van der Waals surface area contributed by atoms with Gasteiger partial charge in [-0.25, -0.2) is 0 Å². The van der Waals surface area contributed by atoms with Crippen molar-refractivity contribution in [3.8, 4) is 0 Å². The summed E-state index contributed by atoms with van der Waals surface area (Å²) in [5, 5.41) is 3.47. The molecule has 1 amide bonds. The second-order valence-corrected chi connectivity index (χ2v) is 5.80. The summed E-state index contributed by atoms with van der Waals surface area (Å²) in [6, 6.07) is 8.02. The SMILES string of the molecule is COC(=O)CCNC(=O)CN1CCCC1c1cccc(Cl)c1. The minimum absolute atomic E-state index is 0.0715. The zero-order valence-electron chi connectivity index (χ0n) is 12.7. The Kier molecular flexibility index (Phi) is 6.21. The summed E-state index contributed by atoms with van der Waals surface area (Å²) >= 11 is 6.05. The van der Waals surface area contributed by atoms with Crippen molar-refractivity contribution in [3.05, 3.63) is 34.9 Å². The molecule has 1 aliphatic heterocycles. The van der Waals surface area contributed by atoms with Crippen molar-refractivity contribution in [3.63, 3.8) is 0 Å². The number of methoxy groups -OCH3 is 1. The van der Waals surface area contributed by atoms with E-state index >= 15 is 0 Å². The third-order valence-electron chi connectivity index (χ3n) is 3.82. The van der Waals surface area contributed by atoms with Crippen LogP contribution in [0.3, 0.4) is 0 Å². The van der Waals surface area contributed by atoms with Gasteiger partial charge in [0.05, 0.1) is 20.1 Å². The molecule has 0 aliphatic carbocycles. The van der Waals surface area contributed by atoms with E-state index in [0.29, 0.717) is 18.1 Å². The van der Waals surface area contributed by atoms with Gasteiger partial charge in [-0.1, -0.05) is 23.7 Å². The lowest BCUT2D eigenvalue weighted by atomic mass is 10.0. The Hall–Kier alpha value is -1.59. The smallest absolute Gasteiger partial charge is 0.307 e. The summed E-state index contributed by atoms with van der Waals surface area (Å²) < 4.78 is 4.54. The number of carbonyl (C=O) groups is 2. The summed E-state index contributed by atoms with van der Waals surface area (Å²) in [5.41, 5.74) is 1.15. The maximum absolute atomic E-state index is 12.0. The van der Waals surface area contributed by atoms with E-state index in [1.807, 2.05) is 24.3 Å². The topological polar surface area (TPSA) is 58.6 Å². The van der Waals surface area contributed by atoms with Crippen LogP contribution < -0.4 is 5.32 Å². The number of benzene rings is 1. The first-order valence-electron chi connectivity index (χ1n) is 7.43. The number of carbonyl (C=O) groups excluding carboxylic acids is 2. The lowest BCUT2D eigenvalue weighted by molar-refractivity contribution is -0.140. The number of ether oxygens (including phenoxy) is 1. The van der Waals surface area contributed by atoms with Crippen LogP contribution >= 0.6 is 11.6 Å². The number of amides is 1. The molecule has 0 radical (unpaired) electrons. The minimum Gasteiger partial charge on any atom is -0.469 e. The van der Waals surface area contributed by atoms with Crippen molar-refractivity contribution in [2.24, 2.45) is 0 Å². The standard InChI is InChI=1S/C16H21ClN2O3/c1-22-16(21)7-8-18-15(20)11-19-9-3-6-14(19)12-4-2-5-13(17)10-12/h2,4-5,10,14H,3,6-9,11H2,1H3,(H,18,20). The average molecular weight is 325 g/mol. The Morgan fingerprint density at radius 1 is 1.45 bits per heavy atom. The number of halogens is 1. The van der Waals surface area contributed by atoms with Crippen molar-refractivity contribution < 1.29 is 14.3 Å². The number of hydrogen-bond acceptors (Lipinski definition) is 4. The predicted molar refractivity (Wildman–Crippen MR) is 84.6 cm³/mol. The van der Waals surface area contributed by atoms with Crippen LogP contribution in [0.5, 0.6) is 0 Å². The predicted octanol–water partition coefficient (Wildman–Crippen LogP) is 2.16. The molecule has 6 heteroatoms. The van der Waals surface area contributed by atoms with Crippen molar-refractivity contribution in [1.82, 2.24) is 10.2 Å². The fourth-order valence-electron chi connectivity index (χ4n) is 2.75. The third kappa shape index (κ3) is 4.71. The highest BCUT2D eigenvalue weighted by atomic mass is 35.5. The summed E-state index contributed by atoms with van der Waals surface area (Å²) in [4.78, 5) is 25.1. The Bertz CT molecular complexity index is 536. The quantitative estimate of drug-likeness (QED) is 0.815. The Labute approximate surface area is 135 Å². The largest absolute Gasteiger partial charge is 0.469 e. The molecule has 120 valence electrons. The zero-order chi connectivity index (χ0) is 15.9. The molecule has 0 spiro atoms. The van der Waals surface area contributed by atoms with Gasteiger partial charge in [-0.2, -0.15) is 0 Å². The van der Waals surface area contributed by atoms with Crippen LogP contribution in [-0.2, 0) is 14.3 Å². The number of likely N-dealkylation sites (tertiary alicyclic amines) is 1. The van der Waals surface area contributed by atoms with Gasteiger partial charge in [0.25, 0.3) is 0 Å². The Morgan fingerprint density at radius 2 is 2.27 bits per heavy atom. The normalized spacial score (nSPS) is 18.2. The molecule has 5 nitrogen and oxygen atoms in total. The molecule has 0 bridgehead atoms. The van der Waals surface area contributed by atoms with E-state index in [1.54, 1.807) is 0 Å². The van der Waals surface area contributed by atoms with Crippen molar-refractivity contribution in [2.75, 3.05) is 26.7 Å². The van der Waals surface area contributed by atoms with Gasteiger partial charge in [0.15, 0.2) is 0 Å². The number of nitrogens with zero attached hydrogens (tertiary/aromatic N) is 1. The highest BCUT2D eigenvalue weighted by Gasteiger charge is 2.27. The number of nitrogens with one attached hydrogen (secondary N) is 1. The lowest BCUT2D eigenvalue weighted by Crippen LogP contribution is -2.37. The summed E-state index contributed by atoms with van der Waals surface area (Å²) in [5.74, 6) is -0.392. The van der Waals surface area contributed by atoms with Crippen LogP contribution in [0.15, 0.2) is 24.3 Å². The molecule has 1 unspecified atom stereocenters. The fourth-order valence-corrected chi connectivity index (χ4v) is 2.95. The molecule has 0 aromatic heterocycles. The first kappa shape index (κ1) is 16.8. The molecule has 1 aromatic rings. The molecule has 2 rings (SSSR count). The van der Waals surface area contributed by atoms with Gasteiger partial charge in [0.2, 0.25) is 5.91 Å². The molecule has 1 aliphatic rings. The van der Waals surface area contributed by atoms with E-state index in [2.05, 4.69) is 15.0 Å². The lowest BCUT2D eigenvalue weighted by Gasteiger charge is -2.24. The number of rotatable bonds is 6. The molecular formula is C16H21ClN2O3. The van der Waals surface area contributed by atoms with E-state index in [1.165, 1.54) is 7.11 Å². The molecule has 1 heterocycles. The van der Waals surface area contributed by atoms with Gasteiger partial charge in [-0.15, -0.1) is 0 Å². The monoisotopic (exact) mass is 324 g/mol.